The maximum atomic E-state index is 3.24. The fourth-order valence-electron chi connectivity index (χ4n) is 2.59. The molecule has 94 valence electrons. The van der Waals surface area contributed by atoms with Gasteiger partial charge in [-0.25, -0.2) is 0 Å². The summed E-state index contributed by atoms with van der Waals surface area (Å²) in [5.74, 6) is 0. The van der Waals surface area contributed by atoms with Gasteiger partial charge in [0.25, 0.3) is 0 Å². The first-order valence-electron chi connectivity index (χ1n) is 6.61. The van der Waals surface area contributed by atoms with Gasteiger partial charge in [0.05, 0.1) is 0 Å². The summed E-state index contributed by atoms with van der Waals surface area (Å²) < 4.78 is 0. The van der Waals surface area contributed by atoms with E-state index in [4.69, 9.17) is 0 Å². The lowest BCUT2D eigenvalue weighted by atomic mass is 9.96. The van der Waals surface area contributed by atoms with Crippen molar-refractivity contribution in [1.29, 1.82) is 0 Å². The minimum Gasteiger partial charge on any atom is -0.316 e. The predicted molar refractivity (Wildman–Crippen MR) is 82.1 cm³/mol. The van der Waals surface area contributed by atoms with E-state index in [1.165, 1.54) is 27.5 Å². The Morgan fingerprint density at radius 1 is 0.737 bits per heavy atom. The van der Waals surface area contributed by atoms with Crippen LogP contribution in [0.4, 0.5) is 0 Å². The average molecular weight is 247 g/mol. The summed E-state index contributed by atoms with van der Waals surface area (Å²) in [5, 5.41) is 5.89. The van der Waals surface area contributed by atoms with Crippen molar-refractivity contribution in [2.75, 3.05) is 7.05 Å². The van der Waals surface area contributed by atoms with Crippen molar-refractivity contribution >= 4 is 10.8 Å². The van der Waals surface area contributed by atoms with Gasteiger partial charge in [-0.1, -0.05) is 66.7 Å². The highest BCUT2D eigenvalue weighted by molar-refractivity contribution is 5.98. The molecule has 0 heterocycles. The summed E-state index contributed by atoms with van der Waals surface area (Å²) in [6.07, 6.45) is 0. The van der Waals surface area contributed by atoms with E-state index in [9.17, 15) is 0 Å². The second-order valence-electron chi connectivity index (χ2n) is 4.71. The fourth-order valence-corrected chi connectivity index (χ4v) is 2.59. The lowest BCUT2D eigenvalue weighted by Crippen LogP contribution is -2.05. The van der Waals surface area contributed by atoms with Crippen LogP contribution in [0, 0.1) is 0 Å². The molecular weight excluding hydrogens is 230 g/mol. The van der Waals surface area contributed by atoms with Crippen molar-refractivity contribution in [3.63, 3.8) is 0 Å². The zero-order valence-electron chi connectivity index (χ0n) is 11.1. The van der Waals surface area contributed by atoms with E-state index in [1.54, 1.807) is 0 Å². The summed E-state index contributed by atoms with van der Waals surface area (Å²) in [6, 6.07) is 23.6. The van der Waals surface area contributed by atoms with Crippen molar-refractivity contribution in [2.24, 2.45) is 0 Å². The van der Waals surface area contributed by atoms with Gasteiger partial charge in [-0.15, -0.1) is 0 Å². The zero-order chi connectivity index (χ0) is 13.1. The van der Waals surface area contributed by atoms with Gasteiger partial charge in [0, 0.05) is 6.54 Å². The number of hydrogen-bond donors (Lipinski definition) is 1. The third-order valence-electron chi connectivity index (χ3n) is 3.46. The number of fused-ring (bicyclic) bond motifs is 1. The van der Waals surface area contributed by atoms with E-state index in [1.807, 2.05) is 7.05 Å². The second-order valence-corrected chi connectivity index (χ2v) is 4.71. The van der Waals surface area contributed by atoms with Crippen LogP contribution in [0.25, 0.3) is 21.9 Å². The van der Waals surface area contributed by atoms with Crippen LogP contribution in [0.1, 0.15) is 5.56 Å². The molecule has 0 aliphatic rings. The molecule has 1 nitrogen and oxygen atoms in total. The molecule has 0 atom stereocenters. The Bertz CT molecular complexity index is 686. The first-order valence-corrected chi connectivity index (χ1v) is 6.61. The quantitative estimate of drug-likeness (QED) is 0.730. The summed E-state index contributed by atoms with van der Waals surface area (Å²) >= 11 is 0. The SMILES string of the molecule is CNCc1cccc2c(-c3ccccc3)cccc12. The highest BCUT2D eigenvalue weighted by Crippen LogP contribution is 2.30. The molecule has 3 rings (SSSR count). The molecule has 3 aromatic carbocycles. The molecule has 1 heteroatoms. The molecule has 0 spiro atoms. The summed E-state index contributed by atoms with van der Waals surface area (Å²) in [4.78, 5) is 0. The fraction of sp³-hybridized carbons (Fsp3) is 0.111. The average Bonchev–Trinajstić information content (AvgIpc) is 2.48. The van der Waals surface area contributed by atoms with Crippen molar-refractivity contribution in [3.05, 3.63) is 72.3 Å². The van der Waals surface area contributed by atoms with Crippen molar-refractivity contribution in [2.45, 2.75) is 6.54 Å². The first kappa shape index (κ1) is 11.9. The molecule has 0 saturated heterocycles. The first-order chi connectivity index (χ1) is 9.40. The van der Waals surface area contributed by atoms with Crippen LogP contribution in [0.3, 0.4) is 0 Å². The molecule has 1 N–H and O–H groups in total. The van der Waals surface area contributed by atoms with E-state index in [-0.39, 0.29) is 0 Å². The van der Waals surface area contributed by atoms with Gasteiger partial charge in [0.1, 0.15) is 0 Å². The zero-order valence-corrected chi connectivity index (χ0v) is 11.1. The Labute approximate surface area is 113 Å². The standard InChI is InChI=1S/C18H17N/c1-19-13-15-9-5-12-18-16(10-6-11-17(15)18)14-7-3-2-4-8-14/h2-12,19H,13H2,1H3. The summed E-state index contributed by atoms with van der Waals surface area (Å²) in [6.45, 7) is 0.898. The van der Waals surface area contributed by atoms with Crippen LogP contribution < -0.4 is 5.32 Å². The number of benzene rings is 3. The summed E-state index contributed by atoms with van der Waals surface area (Å²) in [5.41, 5.74) is 3.92. The molecule has 0 amide bonds. The minimum atomic E-state index is 0.898. The van der Waals surface area contributed by atoms with Gasteiger partial charge in [-0.2, -0.15) is 0 Å². The van der Waals surface area contributed by atoms with E-state index >= 15 is 0 Å². The van der Waals surface area contributed by atoms with Gasteiger partial charge < -0.3 is 5.32 Å². The van der Waals surface area contributed by atoms with Crippen molar-refractivity contribution < 1.29 is 0 Å². The Balaban J connectivity index is 2.25. The van der Waals surface area contributed by atoms with Crippen LogP contribution in [0.15, 0.2) is 66.7 Å². The second kappa shape index (κ2) is 5.25. The van der Waals surface area contributed by atoms with Gasteiger partial charge in [-0.3, -0.25) is 0 Å². The smallest absolute Gasteiger partial charge is 0.0208 e. The van der Waals surface area contributed by atoms with Crippen molar-refractivity contribution in [1.82, 2.24) is 5.32 Å². The van der Waals surface area contributed by atoms with E-state index in [0.29, 0.717) is 0 Å². The van der Waals surface area contributed by atoms with Crippen molar-refractivity contribution in [3.8, 4) is 11.1 Å². The normalized spacial score (nSPS) is 10.8. The van der Waals surface area contributed by atoms with Crippen LogP contribution in [-0.2, 0) is 6.54 Å². The molecule has 0 aliphatic carbocycles. The molecule has 0 radical (unpaired) electrons. The van der Waals surface area contributed by atoms with E-state index in [0.717, 1.165) is 6.54 Å². The molecule has 19 heavy (non-hydrogen) atoms. The van der Waals surface area contributed by atoms with Crippen LogP contribution >= 0.6 is 0 Å². The third-order valence-corrected chi connectivity index (χ3v) is 3.46. The molecule has 0 saturated carbocycles. The third kappa shape index (κ3) is 2.25. The Morgan fingerprint density at radius 3 is 2.26 bits per heavy atom. The Hall–Kier alpha value is -2.12. The number of hydrogen-bond acceptors (Lipinski definition) is 1. The lowest BCUT2D eigenvalue weighted by Gasteiger charge is -2.10. The van der Waals surface area contributed by atoms with E-state index in [2.05, 4.69) is 72.0 Å². The monoisotopic (exact) mass is 247 g/mol. The molecule has 0 fully saturated rings. The van der Waals surface area contributed by atoms with Gasteiger partial charge in [0.15, 0.2) is 0 Å². The largest absolute Gasteiger partial charge is 0.316 e. The molecule has 0 unspecified atom stereocenters. The lowest BCUT2D eigenvalue weighted by molar-refractivity contribution is 0.824. The molecule has 0 bridgehead atoms. The Morgan fingerprint density at radius 2 is 1.47 bits per heavy atom. The highest BCUT2D eigenvalue weighted by Gasteiger charge is 2.05. The van der Waals surface area contributed by atoms with Crippen LogP contribution in [0.5, 0.6) is 0 Å². The molecular formula is C18H17N. The minimum absolute atomic E-state index is 0.898. The maximum absolute atomic E-state index is 3.24. The number of nitrogens with one attached hydrogen (secondary N) is 1. The summed E-state index contributed by atoms with van der Waals surface area (Å²) in [7, 11) is 1.99. The molecule has 0 aromatic heterocycles. The molecule has 3 aromatic rings. The van der Waals surface area contributed by atoms with Gasteiger partial charge in [0.2, 0.25) is 0 Å². The highest BCUT2D eigenvalue weighted by atomic mass is 14.8. The molecule has 0 aliphatic heterocycles. The van der Waals surface area contributed by atoms with E-state index < -0.39 is 0 Å². The maximum Gasteiger partial charge on any atom is 0.0208 e. The topological polar surface area (TPSA) is 12.0 Å². The van der Waals surface area contributed by atoms with Gasteiger partial charge in [-0.05, 0) is 34.5 Å². The van der Waals surface area contributed by atoms with Gasteiger partial charge >= 0.3 is 0 Å². The number of rotatable bonds is 3. The Kier molecular flexibility index (Phi) is 3.30. The predicted octanol–water partition coefficient (Wildman–Crippen LogP) is 4.23. The van der Waals surface area contributed by atoms with Crippen LogP contribution in [-0.4, -0.2) is 7.05 Å². The van der Waals surface area contributed by atoms with Crippen LogP contribution in [0.2, 0.25) is 0 Å².